The first-order valence-electron chi connectivity index (χ1n) is 6.99. The summed E-state index contributed by atoms with van der Waals surface area (Å²) < 4.78 is 0. The molecule has 0 aromatic heterocycles. The number of nitrogens with one attached hydrogen (secondary N) is 2. The number of rotatable bonds is 9. The Kier molecular flexibility index (Phi) is 8.74. The Morgan fingerprint density at radius 2 is 2.00 bits per heavy atom. The molecule has 21 heavy (non-hydrogen) atoms. The molecule has 0 heterocycles. The molecular formula is C16H20ClN3O. The van der Waals surface area contributed by atoms with Crippen LogP contribution >= 0.6 is 11.6 Å². The van der Waals surface area contributed by atoms with Crippen LogP contribution in [-0.2, 0) is 11.2 Å². The number of carbonyl (C=O) groups is 1. The number of hydrogen-bond acceptors (Lipinski definition) is 3. The lowest BCUT2D eigenvalue weighted by atomic mass is 10.1. The Labute approximate surface area is 130 Å². The zero-order valence-electron chi connectivity index (χ0n) is 11.9. The smallest absolute Gasteiger partial charge is 0.263 e. The van der Waals surface area contributed by atoms with Crippen LogP contribution in [0.3, 0.4) is 0 Å². The van der Waals surface area contributed by atoms with E-state index in [4.69, 9.17) is 16.9 Å². The highest BCUT2D eigenvalue weighted by Crippen LogP contribution is 2.03. The predicted octanol–water partition coefficient (Wildman–Crippen LogP) is 2.36. The maximum absolute atomic E-state index is 11.5. The van der Waals surface area contributed by atoms with Crippen molar-refractivity contribution in [2.75, 3.05) is 19.0 Å². The van der Waals surface area contributed by atoms with Gasteiger partial charge in [0.25, 0.3) is 5.91 Å². The van der Waals surface area contributed by atoms with Crippen LogP contribution in [0.2, 0.25) is 0 Å². The Morgan fingerprint density at radius 1 is 1.24 bits per heavy atom. The lowest BCUT2D eigenvalue weighted by Gasteiger charge is -2.04. The van der Waals surface area contributed by atoms with E-state index in [2.05, 4.69) is 22.8 Å². The van der Waals surface area contributed by atoms with Crippen molar-refractivity contribution in [3.05, 3.63) is 47.7 Å². The average molecular weight is 306 g/mol. The molecule has 0 aliphatic rings. The van der Waals surface area contributed by atoms with Crippen molar-refractivity contribution in [2.45, 2.75) is 19.3 Å². The third kappa shape index (κ3) is 7.38. The number of benzene rings is 1. The van der Waals surface area contributed by atoms with E-state index in [0.29, 0.717) is 12.4 Å². The second-order valence-electron chi connectivity index (χ2n) is 4.51. The van der Waals surface area contributed by atoms with Crippen LogP contribution in [0.15, 0.2) is 42.1 Å². The van der Waals surface area contributed by atoms with Crippen molar-refractivity contribution in [1.82, 2.24) is 10.6 Å². The van der Waals surface area contributed by atoms with Crippen LogP contribution in [0.5, 0.6) is 0 Å². The van der Waals surface area contributed by atoms with E-state index in [1.165, 1.54) is 11.8 Å². The standard InChI is InChI=1S/C16H20ClN3O/c17-9-11-20-16(21)15(12-18)13-19-10-5-4-8-14-6-2-1-3-7-14/h1-3,6-7,13,19H,4-5,8-11H2,(H,20,21)/b15-13-. The Balaban J connectivity index is 2.20. The van der Waals surface area contributed by atoms with Crippen LogP contribution in [0.4, 0.5) is 0 Å². The summed E-state index contributed by atoms with van der Waals surface area (Å²) in [6.07, 6.45) is 4.54. The average Bonchev–Trinajstić information content (AvgIpc) is 2.53. The van der Waals surface area contributed by atoms with E-state index in [0.717, 1.165) is 25.8 Å². The maximum atomic E-state index is 11.5. The second kappa shape index (κ2) is 10.8. The Hall–Kier alpha value is -1.99. The monoisotopic (exact) mass is 305 g/mol. The minimum absolute atomic E-state index is 0.0724. The van der Waals surface area contributed by atoms with Crippen molar-refractivity contribution < 1.29 is 4.79 Å². The van der Waals surface area contributed by atoms with Crippen LogP contribution in [-0.4, -0.2) is 24.9 Å². The molecule has 1 aromatic rings. The van der Waals surface area contributed by atoms with Gasteiger partial charge in [-0.25, -0.2) is 0 Å². The van der Waals surface area contributed by atoms with Crippen molar-refractivity contribution in [3.63, 3.8) is 0 Å². The summed E-state index contributed by atoms with van der Waals surface area (Å²) in [5.41, 5.74) is 1.40. The molecular weight excluding hydrogens is 286 g/mol. The highest BCUT2D eigenvalue weighted by molar-refractivity contribution is 6.18. The fraction of sp³-hybridized carbons (Fsp3) is 0.375. The minimum atomic E-state index is -0.394. The van der Waals surface area contributed by atoms with Gasteiger partial charge in [0, 0.05) is 25.2 Å². The first kappa shape index (κ1) is 17.1. The van der Waals surface area contributed by atoms with Gasteiger partial charge in [0.1, 0.15) is 11.6 Å². The summed E-state index contributed by atoms with van der Waals surface area (Å²) in [4.78, 5) is 11.5. The molecule has 0 atom stereocenters. The number of halogens is 1. The number of aryl methyl sites for hydroxylation is 1. The molecule has 1 aromatic carbocycles. The number of amides is 1. The molecule has 1 amide bonds. The van der Waals surface area contributed by atoms with Crippen molar-refractivity contribution in [3.8, 4) is 6.07 Å². The fourth-order valence-corrected chi connectivity index (χ4v) is 1.87. The molecule has 1 rings (SSSR count). The van der Waals surface area contributed by atoms with Crippen LogP contribution in [0.1, 0.15) is 18.4 Å². The SMILES string of the molecule is N#C/C(=C/NCCCCc1ccccc1)C(=O)NCCCl. The molecule has 0 saturated heterocycles. The quantitative estimate of drug-likeness (QED) is 0.318. The molecule has 2 N–H and O–H groups in total. The van der Waals surface area contributed by atoms with Gasteiger partial charge in [0.05, 0.1) is 0 Å². The second-order valence-corrected chi connectivity index (χ2v) is 4.89. The van der Waals surface area contributed by atoms with Gasteiger partial charge in [-0.2, -0.15) is 5.26 Å². The van der Waals surface area contributed by atoms with E-state index in [1.54, 1.807) is 0 Å². The maximum Gasteiger partial charge on any atom is 0.263 e. The van der Waals surface area contributed by atoms with E-state index in [9.17, 15) is 4.79 Å². The van der Waals surface area contributed by atoms with Gasteiger partial charge in [-0.3, -0.25) is 4.79 Å². The molecule has 4 nitrogen and oxygen atoms in total. The number of unbranched alkanes of at least 4 members (excludes halogenated alkanes) is 1. The van der Waals surface area contributed by atoms with E-state index in [1.807, 2.05) is 24.3 Å². The molecule has 5 heteroatoms. The largest absolute Gasteiger partial charge is 0.390 e. The molecule has 0 unspecified atom stereocenters. The number of nitrogens with zero attached hydrogens (tertiary/aromatic N) is 1. The molecule has 0 radical (unpaired) electrons. The van der Waals surface area contributed by atoms with E-state index >= 15 is 0 Å². The number of alkyl halides is 1. The van der Waals surface area contributed by atoms with Crippen molar-refractivity contribution >= 4 is 17.5 Å². The summed E-state index contributed by atoms with van der Waals surface area (Å²) in [5.74, 6) is -0.0629. The zero-order chi connectivity index (χ0) is 15.3. The van der Waals surface area contributed by atoms with Gasteiger partial charge in [0.2, 0.25) is 0 Å². The summed E-state index contributed by atoms with van der Waals surface area (Å²) >= 11 is 5.47. The predicted molar refractivity (Wildman–Crippen MR) is 84.8 cm³/mol. The van der Waals surface area contributed by atoms with Crippen LogP contribution < -0.4 is 10.6 Å². The van der Waals surface area contributed by atoms with E-state index in [-0.39, 0.29) is 5.57 Å². The molecule has 0 aliphatic carbocycles. The zero-order valence-corrected chi connectivity index (χ0v) is 12.7. The highest BCUT2D eigenvalue weighted by Gasteiger charge is 2.06. The van der Waals surface area contributed by atoms with Crippen molar-refractivity contribution in [1.29, 1.82) is 5.26 Å². The molecule has 0 fully saturated rings. The van der Waals surface area contributed by atoms with Gasteiger partial charge < -0.3 is 10.6 Å². The van der Waals surface area contributed by atoms with Gasteiger partial charge in [-0.05, 0) is 24.8 Å². The molecule has 112 valence electrons. The first-order chi connectivity index (χ1) is 10.3. The summed E-state index contributed by atoms with van der Waals surface area (Å²) in [7, 11) is 0. The lowest BCUT2D eigenvalue weighted by molar-refractivity contribution is -0.117. The normalized spacial score (nSPS) is 10.8. The van der Waals surface area contributed by atoms with Gasteiger partial charge in [-0.15, -0.1) is 11.6 Å². The number of hydrogen-bond donors (Lipinski definition) is 2. The Morgan fingerprint density at radius 3 is 2.67 bits per heavy atom. The molecule has 0 aliphatic heterocycles. The molecule has 0 bridgehead atoms. The third-order valence-corrected chi connectivity index (χ3v) is 3.06. The summed E-state index contributed by atoms with van der Waals surface area (Å²) in [5, 5.41) is 14.5. The van der Waals surface area contributed by atoms with Crippen LogP contribution in [0.25, 0.3) is 0 Å². The topological polar surface area (TPSA) is 64.9 Å². The Bertz CT molecular complexity index is 494. The summed E-state index contributed by atoms with van der Waals surface area (Å²) in [6.45, 7) is 1.09. The lowest BCUT2D eigenvalue weighted by Crippen LogP contribution is -2.27. The number of carbonyl (C=O) groups excluding carboxylic acids is 1. The first-order valence-corrected chi connectivity index (χ1v) is 7.53. The van der Waals surface area contributed by atoms with Gasteiger partial charge >= 0.3 is 0 Å². The van der Waals surface area contributed by atoms with Gasteiger partial charge in [-0.1, -0.05) is 30.3 Å². The van der Waals surface area contributed by atoms with E-state index < -0.39 is 5.91 Å². The molecule has 0 saturated carbocycles. The minimum Gasteiger partial charge on any atom is -0.390 e. The van der Waals surface area contributed by atoms with Gasteiger partial charge in [0.15, 0.2) is 0 Å². The number of nitriles is 1. The highest BCUT2D eigenvalue weighted by atomic mass is 35.5. The molecule has 0 spiro atoms. The summed E-state index contributed by atoms with van der Waals surface area (Å²) in [6, 6.07) is 12.2. The van der Waals surface area contributed by atoms with Crippen LogP contribution in [0, 0.1) is 11.3 Å². The fourth-order valence-electron chi connectivity index (χ4n) is 1.78. The third-order valence-electron chi connectivity index (χ3n) is 2.87. The van der Waals surface area contributed by atoms with Crippen molar-refractivity contribution in [2.24, 2.45) is 0 Å².